The molecule has 1 aliphatic heterocycles. The molecular weight excluding hydrogens is 430 g/mol. The van der Waals surface area contributed by atoms with Crippen molar-refractivity contribution in [1.29, 1.82) is 0 Å². The van der Waals surface area contributed by atoms with Crippen molar-refractivity contribution in [2.45, 2.75) is 11.1 Å². The zero-order valence-electron chi connectivity index (χ0n) is 16.2. The summed E-state index contributed by atoms with van der Waals surface area (Å²) in [5.41, 5.74) is 2.15. The molecule has 1 aromatic heterocycles. The van der Waals surface area contributed by atoms with Crippen LogP contribution in [0.2, 0.25) is 5.02 Å². The number of sulfonamides is 1. The summed E-state index contributed by atoms with van der Waals surface area (Å²) in [5, 5.41) is 4.80. The van der Waals surface area contributed by atoms with E-state index in [9.17, 15) is 8.42 Å². The molecule has 1 fully saturated rings. The highest BCUT2D eigenvalue weighted by Crippen LogP contribution is 2.37. The van der Waals surface area contributed by atoms with Crippen molar-refractivity contribution in [3.05, 3.63) is 47.0 Å². The van der Waals surface area contributed by atoms with Gasteiger partial charge in [0.1, 0.15) is 9.96 Å². The standard InChI is InChI=1S/C20H22ClN3O3S2/c1-13-16-5-3-14(21)11-19(16)28-20(13)29(25,26)23-15-4-6-17(18(12-15)27-2)24-9-7-22-8-10-24/h3-6,11-12,22-23H,7-10H2,1-2H3. The lowest BCUT2D eigenvalue weighted by Gasteiger charge is -2.30. The SMILES string of the molecule is COc1cc(NS(=O)(=O)c2sc3cc(Cl)ccc3c2C)ccc1N1CCNCC1. The van der Waals surface area contributed by atoms with Crippen LogP contribution in [0, 0.1) is 6.92 Å². The van der Waals surface area contributed by atoms with E-state index in [0.717, 1.165) is 47.5 Å². The number of thiophene rings is 1. The summed E-state index contributed by atoms with van der Waals surface area (Å²) < 4.78 is 35.5. The fraction of sp³-hybridized carbons (Fsp3) is 0.300. The zero-order chi connectivity index (χ0) is 20.6. The first-order valence-corrected chi connectivity index (χ1v) is 11.9. The van der Waals surface area contributed by atoms with E-state index in [2.05, 4.69) is 14.9 Å². The molecule has 0 spiro atoms. The van der Waals surface area contributed by atoms with Crippen LogP contribution in [0.1, 0.15) is 5.56 Å². The van der Waals surface area contributed by atoms with E-state index in [1.54, 1.807) is 31.4 Å². The summed E-state index contributed by atoms with van der Waals surface area (Å²) in [6, 6.07) is 10.8. The third-order valence-corrected chi connectivity index (χ3v) is 8.48. The van der Waals surface area contributed by atoms with Gasteiger partial charge in [0.05, 0.1) is 18.5 Å². The number of ether oxygens (including phenoxy) is 1. The highest BCUT2D eigenvalue weighted by molar-refractivity contribution is 7.94. The number of benzene rings is 2. The molecule has 6 nitrogen and oxygen atoms in total. The average Bonchev–Trinajstić information content (AvgIpc) is 3.05. The molecule has 4 rings (SSSR count). The van der Waals surface area contributed by atoms with Crippen molar-refractivity contribution in [2.75, 3.05) is 42.9 Å². The Morgan fingerprint density at radius 2 is 1.93 bits per heavy atom. The first-order valence-electron chi connectivity index (χ1n) is 9.24. The van der Waals surface area contributed by atoms with Gasteiger partial charge in [-0.25, -0.2) is 8.42 Å². The quantitative estimate of drug-likeness (QED) is 0.611. The zero-order valence-corrected chi connectivity index (χ0v) is 18.5. The number of nitrogens with one attached hydrogen (secondary N) is 2. The summed E-state index contributed by atoms with van der Waals surface area (Å²) in [4.78, 5) is 2.23. The highest BCUT2D eigenvalue weighted by atomic mass is 35.5. The fourth-order valence-electron chi connectivity index (χ4n) is 3.54. The summed E-state index contributed by atoms with van der Waals surface area (Å²) in [5.74, 6) is 0.645. The monoisotopic (exact) mass is 451 g/mol. The molecule has 29 heavy (non-hydrogen) atoms. The second kappa shape index (κ2) is 8.02. The first-order chi connectivity index (χ1) is 13.9. The number of nitrogens with zero attached hydrogens (tertiary/aromatic N) is 1. The van der Waals surface area contributed by atoms with Gasteiger partial charge < -0.3 is 15.0 Å². The summed E-state index contributed by atoms with van der Waals surface area (Å²) in [6.07, 6.45) is 0. The minimum Gasteiger partial charge on any atom is -0.495 e. The van der Waals surface area contributed by atoms with Gasteiger partial charge in [0.15, 0.2) is 0 Å². The summed E-state index contributed by atoms with van der Waals surface area (Å²) >= 11 is 7.28. The molecule has 0 atom stereocenters. The molecule has 3 aromatic rings. The average molecular weight is 452 g/mol. The second-order valence-corrected chi connectivity index (χ2v) is 10.3. The molecule has 0 saturated carbocycles. The topological polar surface area (TPSA) is 70.7 Å². The van der Waals surface area contributed by atoms with Crippen LogP contribution in [0.4, 0.5) is 11.4 Å². The van der Waals surface area contributed by atoms with Gasteiger partial charge in [0, 0.05) is 42.0 Å². The van der Waals surface area contributed by atoms with Gasteiger partial charge >= 0.3 is 0 Å². The maximum absolute atomic E-state index is 13.1. The molecule has 0 amide bonds. The molecule has 0 radical (unpaired) electrons. The minimum absolute atomic E-state index is 0.292. The predicted molar refractivity (Wildman–Crippen MR) is 120 cm³/mol. The van der Waals surface area contributed by atoms with Crippen LogP contribution in [0.3, 0.4) is 0 Å². The maximum Gasteiger partial charge on any atom is 0.271 e. The van der Waals surface area contributed by atoms with Crippen LogP contribution < -0.4 is 19.7 Å². The summed E-state index contributed by atoms with van der Waals surface area (Å²) in [7, 11) is -2.14. The van der Waals surface area contributed by atoms with Crippen molar-refractivity contribution in [3.63, 3.8) is 0 Å². The van der Waals surface area contributed by atoms with Crippen molar-refractivity contribution in [3.8, 4) is 5.75 Å². The number of fused-ring (bicyclic) bond motifs is 1. The molecule has 0 bridgehead atoms. The van der Waals surface area contributed by atoms with Crippen molar-refractivity contribution < 1.29 is 13.2 Å². The van der Waals surface area contributed by atoms with Gasteiger partial charge in [0.25, 0.3) is 10.0 Å². The number of halogens is 1. The number of piperazine rings is 1. The molecule has 1 aliphatic rings. The van der Waals surface area contributed by atoms with Gasteiger partial charge in [-0.3, -0.25) is 4.72 Å². The lowest BCUT2D eigenvalue weighted by atomic mass is 10.2. The molecule has 0 unspecified atom stereocenters. The molecule has 2 aromatic carbocycles. The molecule has 1 saturated heterocycles. The molecule has 9 heteroatoms. The second-order valence-electron chi connectivity index (χ2n) is 6.88. The lowest BCUT2D eigenvalue weighted by molar-refractivity contribution is 0.413. The lowest BCUT2D eigenvalue weighted by Crippen LogP contribution is -2.43. The molecule has 2 N–H and O–H groups in total. The largest absolute Gasteiger partial charge is 0.495 e. The number of hydrogen-bond donors (Lipinski definition) is 2. The Hall–Kier alpha value is -2.00. The minimum atomic E-state index is -3.74. The van der Waals surface area contributed by atoms with E-state index in [0.29, 0.717) is 20.7 Å². The van der Waals surface area contributed by atoms with E-state index < -0.39 is 10.0 Å². The van der Waals surface area contributed by atoms with E-state index in [1.165, 1.54) is 11.3 Å². The number of rotatable bonds is 5. The third-order valence-electron chi connectivity index (χ3n) is 4.99. The Kier molecular flexibility index (Phi) is 5.61. The smallest absolute Gasteiger partial charge is 0.271 e. The van der Waals surface area contributed by atoms with Crippen molar-refractivity contribution >= 4 is 54.4 Å². The molecule has 154 valence electrons. The Morgan fingerprint density at radius 3 is 2.66 bits per heavy atom. The number of anilines is 2. The third kappa shape index (κ3) is 4.02. The summed E-state index contributed by atoms with van der Waals surface area (Å²) in [6.45, 7) is 5.39. The van der Waals surface area contributed by atoms with Crippen LogP contribution in [-0.2, 0) is 10.0 Å². The number of hydrogen-bond acceptors (Lipinski definition) is 6. The predicted octanol–water partition coefficient (Wildman–Crippen LogP) is 4.08. The van der Waals surface area contributed by atoms with Gasteiger partial charge in [-0.2, -0.15) is 0 Å². The molecule has 0 aliphatic carbocycles. The van der Waals surface area contributed by atoms with E-state index in [1.807, 2.05) is 19.1 Å². The van der Waals surface area contributed by atoms with Crippen LogP contribution in [0.15, 0.2) is 40.6 Å². The van der Waals surface area contributed by atoms with Crippen molar-refractivity contribution in [2.24, 2.45) is 0 Å². The van der Waals surface area contributed by atoms with Crippen LogP contribution in [0.25, 0.3) is 10.1 Å². The number of aryl methyl sites for hydroxylation is 1. The number of methoxy groups -OCH3 is 1. The first kappa shape index (κ1) is 20.3. The van der Waals surface area contributed by atoms with Crippen LogP contribution in [0.5, 0.6) is 5.75 Å². The normalized spacial score (nSPS) is 14.9. The Bertz CT molecular complexity index is 1160. The van der Waals surface area contributed by atoms with E-state index in [4.69, 9.17) is 16.3 Å². The van der Waals surface area contributed by atoms with Crippen LogP contribution in [-0.4, -0.2) is 41.7 Å². The van der Waals surface area contributed by atoms with Gasteiger partial charge in [0.2, 0.25) is 0 Å². The van der Waals surface area contributed by atoms with E-state index in [-0.39, 0.29) is 0 Å². The van der Waals surface area contributed by atoms with Crippen LogP contribution >= 0.6 is 22.9 Å². The van der Waals surface area contributed by atoms with Crippen molar-refractivity contribution in [1.82, 2.24) is 5.32 Å². The van der Waals surface area contributed by atoms with Gasteiger partial charge in [-0.05, 0) is 42.1 Å². The highest BCUT2D eigenvalue weighted by Gasteiger charge is 2.23. The van der Waals surface area contributed by atoms with Gasteiger partial charge in [-0.1, -0.05) is 17.7 Å². The Balaban J connectivity index is 1.65. The fourth-order valence-corrected chi connectivity index (χ4v) is 6.64. The van der Waals surface area contributed by atoms with Gasteiger partial charge in [-0.15, -0.1) is 11.3 Å². The van der Waals surface area contributed by atoms with E-state index >= 15 is 0 Å². The molecule has 2 heterocycles. The maximum atomic E-state index is 13.1. The Labute approximate surface area is 179 Å². The Morgan fingerprint density at radius 1 is 1.17 bits per heavy atom. The molecular formula is C20H22ClN3O3S2.